The van der Waals surface area contributed by atoms with Gasteiger partial charge in [-0.15, -0.1) is 0 Å². The van der Waals surface area contributed by atoms with Crippen molar-refractivity contribution in [3.8, 4) is 0 Å². The van der Waals surface area contributed by atoms with Gasteiger partial charge in [-0.3, -0.25) is 28.8 Å². The van der Waals surface area contributed by atoms with Crippen LogP contribution in [0, 0.1) is 22.2 Å². The van der Waals surface area contributed by atoms with E-state index in [-0.39, 0.29) is 52.7 Å². The number of nitrogens with one attached hydrogen (secondary N) is 7. The van der Waals surface area contributed by atoms with E-state index in [0.717, 1.165) is 41.3 Å². The first-order valence-electron chi connectivity index (χ1n) is 32.9. The third-order valence-corrected chi connectivity index (χ3v) is 14.6. The minimum atomic E-state index is -1.73. The summed E-state index contributed by atoms with van der Waals surface area (Å²) < 4.78 is 15.3. The van der Waals surface area contributed by atoms with Gasteiger partial charge < -0.3 is 97.1 Å². The van der Waals surface area contributed by atoms with Crippen LogP contribution in [0.5, 0.6) is 0 Å². The average Bonchev–Trinajstić information content (AvgIpc) is 1.59. The summed E-state index contributed by atoms with van der Waals surface area (Å²) >= 11 is 0. The number of methoxy groups -OCH3 is 3. The van der Waals surface area contributed by atoms with Gasteiger partial charge in [0.2, 0.25) is 17.7 Å². The molecule has 0 saturated heterocycles. The summed E-state index contributed by atoms with van der Waals surface area (Å²) in [5.74, 6) is -3.17. The van der Waals surface area contributed by atoms with E-state index in [9.17, 15) is 74.7 Å². The van der Waals surface area contributed by atoms with Crippen LogP contribution >= 0.6 is 0 Å². The standard InChI is InChI=1S/C26H39N3O6.C24H38N2O6.C21H40N2O6/c1-6-13-27-24(33)19(14-16-15-28-18-10-8-7-9-17(16)18)29-25(34)23(35-5)22(32)21(31)20(30)11-12-26(2,3)4;1-6-14-25-22(30)17(15-16-10-8-7-9-11-16)26-23(31)21(32-5)20(29)19(28)18(27)12-13-24(2,3)4;1-8-11-22-19(27)14(12-13(2)3)23-20(28)18(29-7)17(26)16(25)15(24)9-10-21(4,5)6/h7-12,15,19-23,28,30-32H,6,13-14H2,1-5H3,(H,27,33)(H,29,34);7-13,17-21,27-29H,6,14-15H2,1-5H3,(H,25,30)(H,26,31);9-10,13-18,24-26H,8,11-12H2,1-7H3,(H,22,27)(H,23,28)/b12-11+;13-12+;10-9+/t19-,20+,21-,22+,23+;17-,18+,19-,20+,21+;14-,15+,16-,17+,18+/m000/s1. The number of amides is 6. The van der Waals surface area contributed by atoms with Crippen molar-refractivity contribution in [1.29, 1.82) is 0 Å². The first-order chi connectivity index (χ1) is 44.8. The van der Waals surface area contributed by atoms with E-state index in [4.69, 9.17) is 14.2 Å². The SMILES string of the molecule is CCCNC(=O)[C@H](CC(C)C)NC(=O)[C@H](OC)[C@H](O)[C@@H](O)[C@H](O)/C=C/C(C)(C)C.CCCNC(=O)[C@H](Cc1c[nH]c2ccccc12)NC(=O)[C@H](OC)[C@H](O)[C@@H](O)[C@H](O)/C=C/C(C)(C)C.CCCNC(=O)[C@H](Cc1ccccc1)NC(=O)[C@H](OC)[C@H](O)[C@@H](O)[C@H](O)/C=C/C(C)(C)C. The molecule has 15 atom stereocenters. The van der Waals surface area contributed by atoms with Gasteiger partial charge in [0.15, 0.2) is 18.3 Å². The molecule has 0 fully saturated rings. The maximum atomic E-state index is 13.0. The highest BCUT2D eigenvalue weighted by molar-refractivity contribution is 5.92. The monoisotopic (exact) mass is 1360 g/mol. The number of aliphatic hydroxyl groups excluding tert-OH is 9. The highest BCUT2D eigenvalue weighted by Gasteiger charge is 2.40. The minimum Gasteiger partial charge on any atom is -0.387 e. The number of ether oxygens (including phenoxy) is 3. The van der Waals surface area contributed by atoms with E-state index in [1.165, 1.54) is 39.6 Å². The predicted molar refractivity (Wildman–Crippen MR) is 370 cm³/mol. The van der Waals surface area contributed by atoms with Crippen LogP contribution in [-0.4, -0.2) is 219 Å². The predicted octanol–water partition coefficient (Wildman–Crippen LogP) is 3.11. The number of allylic oxidation sites excluding steroid dienone is 3. The Morgan fingerprint density at radius 2 is 0.771 bits per heavy atom. The quantitative estimate of drug-likeness (QED) is 0.0372. The van der Waals surface area contributed by atoms with Gasteiger partial charge in [0.1, 0.15) is 73.1 Å². The van der Waals surface area contributed by atoms with Crippen LogP contribution in [0.1, 0.15) is 134 Å². The number of H-pyrrole nitrogens is 1. The van der Waals surface area contributed by atoms with Gasteiger partial charge in [0.25, 0.3) is 17.7 Å². The topological polar surface area (TPSA) is 400 Å². The van der Waals surface area contributed by atoms with Crippen molar-refractivity contribution < 1.29 is 88.9 Å². The van der Waals surface area contributed by atoms with Crippen molar-refractivity contribution in [3.05, 3.63) is 108 Å². The molecule has 0 bridgehead atoms. The van der Waals surface area contributed by atoms with Gasteiger partial charge >= 0.3 is 0 Å². The Kier molecular flexibility index (Phi) is 39.9. The van der Waals surface area contributed by atoms with Crippen LogP contribution in [0.3, 0.4) is 0 Å². The van der Waals surface area contributed by atoms with Gasteiger partial charge in [0.05, 0.1) is 0 Å². The Balaban J connectivity index is 0.000000724. The van der Waals surface area contributed by atoms with E-state index in [0.29, 0.717) is 26.1 Å². The number of rotatable bonds is 36. The molecule has 0 saturated carbocycles. The number of benzene rings is 2. The van der Waals surface area contributed by atoms with Crippen molar-refractivity contribution in [2.75, 3.05) is 41.0 Å². The normalized spacial score (nSPS) is 16.9. The molecule has 1 aromatic heterocycles. The summed E-state index contributed by atoms with van der Waals surface area (Å²) in [7, 11) is 3.64. The first-order valence-corrected chi connectivity index (χ1v) is 32.9. The number of aromatic nitrogens is 1. The van der Waals surface area contributed by atoms with Gasteiger partial charge in [-0.1, -0.05) is 182 Å². The summed E-state index contributed by atoms with van der Waals surface area (Å²) in [6, 6.07) is 14.2. The molecule has 16 N–H and O–H groups in total. The number of carbonyl (C=O) groups excluding carboxylic acids is 6. The van der Waals surface area contributed by atoms with Crippen LogP contribution < -0.4 is 31.9 Å². The number of aromatic amines is 1. The van der Waals surface area contributed by atoms with Crippen LogP contribution in [0.2, 0.25) is 0 Å². The van der Waals surface area contributed by atoms with Crippen molar-refractivity contribution in [2.45, 2.75) is 227 Å². The summed E-state index contributed by atoms with van der Waals surface area (Å²) in [6.45, 7) is 28.3. The zero-order valence-corrected chi connectivity index (χ0v) is 59.5. The molecule has 544 valence electrons. The minimum absolute atomic E-state index is 0.147. The molecule has 96 heavy (non-hydrogen) atoms. The molecule has 0 aliphatic carbocycles. The molecule has 0 aliphatic heterocycles. The maximum absolute atomic E-state index is 13.0. The average molecular weight is 1360 g/mol. The third-order valence-electron chi connectivity index (χ3n) is 14.6. The molecule has 0 radical (unpaired) electrons. The second kappa shape index (κ2) is 43.7. The lowest BCUT2D eigenvalue weighted by Crippen LogP contribution is -2.56. The molecule has 0 unspecified atom stereocenters. The second-order valence-electron chi connectivity index (χ2n) is 27.5. The van der Waals surface area contributed by atoms with Gasteiger partial charge in [0, 0.05) is 70.9 Å². The Hall–Kier alpha value is -6.46. The largest absolute Gasteiger partial charge is 0.387 e. The summed E-state index contributed by atoms with van der Waals surface area (Å²) in [5.41, 5.74) is 1.90. The summed E-state index contributed by atoms with van der Waals surface area (Å²) in [6.07, 6.45) is -4.64. The van der Waals surface area contributed by atoms with E-state index < -0.39 is 109 Å². The van der Waals surface area contributed by atoms with Gasteiger partial charge in [-0.05, 0) is 65.0 Å². The molecule has 2 aromatic carbocycles. The fourth-order valence-electron chi connectivity index (χ4n) is 9.22. The highest BCUT2D eigenvalue weighted by atomic mass is 16.5. The van der Waals surface area contributed by atoms with Crippen LogP contribution in [-0.2, 0) is 55.8 Å². The van der Waals surface area contributed by atoms with E-state index in [2.05, 4.69) is 36.9 Å². The fraction of sp³-hybridized carbons (Fsp3) is 0.634. The number of fused-ring (bicyclic) bond motifs is 1. The lowest BCUT2D eigenvalue weighted by atomic mass is 9.94. The van der Waals surface area contributed by atoms with Crippen molar-refractivity contribution in [2.24, 2.45) is 22.2 Å². The fourth-order valence-corrected chi connectivity index (χ4v) is 9.22. The van der Waals surface area contributed by atoms with Crippen molar-refractivity contribution in [1.82, 2.24) is 36.9 Å². The molecule has 0 spiro atoms. The molecule has 25 heteroatoms. The molecular formula is C71H117N7O18. The van der Waals surface area contributed by atoms with E-state index in [1.807, 2.05) is 152 Å². The zero-order valence-electron chi connectivity index (χ0n) is 59.5. The van der Waals surface area contributed by atoms with Crippen molar-refractivity contribution >= 4 is 46.3 Å². The van der Waals surface area contributed by atoms with Crippen LogP contribution in [0.4, 0.5) is 0 Å². The highest BCUT2D eigenvalue weighted by Crippen LogP contribution is 2.23. The third kappa shape index (κ3) is 32.7. The number of hydrogen-bond donors (Lipinski definition) is 16. The maximum Gasteiger partial charge on any atom is 0.252 e. The molecule has 3 aromatic rings. The Labute approximate surface area is 568 Å². The lowest BCUT2D eigenvalue weighted by Gasteiger charge is -2.29. The molecular weight excluding hydrogens is 1240 g/mol. The van der Waals surface area contributed by atoms with Crippen LogP contribution in [0.15, 0.2) is 97.3 Å². The number of para-hydroxylation sites is 1. The van der Waals surface area contributed by atoms with E-state index >= 15 is 0 Å². The number of aliphatic hydroxyl groups is 9. The Bertz CT molecular complexity index is 2850. The number of carbonyl (C=O) groups is 6. The van der Waals surface area contributed by atoms with Crippen molar-refractivity contribution in [3.63, 3.8) is 0 Å². The number of hydrogen-bond acceptors (Lipinski definition) is 18. The van der Waals surface area contributed by atoms with Gasteiger partial charge in [-0.2, -0.15) is 0 Å². The smallest absolute Gasteiger partial charge is 0.252 e. The summed E-state index contributed by atoms with van der Waals surface area (Å²) in [4.78, 5) is 79.5. The molecule has 3 rings (SSSR count). The van der Waals surface area contributed by atoms with E-state index in [1.54, 1.807) is 24.4 Å². The van der Waals surface area contributed by atoms with Crippen LogP contribution in [0.25, 0.3) is 10.9 Å². The zero-order chi connectivity index (χ0) is 73.3. The Morgan fingerprint density at radius 3 is 1.10 bits per heavy atom. The first kappa shape index (κ1) is 87.6. The summed E-state index contributed by atoms with van der Waals surface area (Å²) in [5, 5.41) is 110. The van der Waals surface area contributed by atoms with Gasteiger partial charge in [-0.25, -0.2) is 0 Å². The lowest BCUT2D eigenvalue weighted by molar-refractivity contribution is -0.151. The molecule has 0 aliphatic rings. The molecule has 25 nitrogen and oxygen atoms in total. The molecule has 6 amide bonds. The second-order valence-corrected chi connectivity index (χ2v) is 27.5. The molecule has 1 heterocycles. The Morgan fingerprint density at radius 1 is 0.448 bits per heavy atom.